The number of phosphoric acid groups is 1. The third-order valence-corrected chi connectivity index (χ3v) is 4.04. The highest BCUT2D eigenvalue weighted by molar-refractivity contribution is 7.47. The third-order valence-electron chi connectivity index (χ3n) is 3.02. The fourth-order valence-corrected chi connectivity index (χ4v) is 2.40. The molecule has 0 amide bonds. The quantitative estimate of drug-likeness (QED) is 0.289. The predicted octanol–water partition coefficient (Wildman–Crippen LogP) is 1.30. The van der Waals surface area contributed by atoms with Gasteiger partial charge in [-0.3, -0.25) is 9.05 Å². The van der Waals surface area contributed by atoms with Gasteiger partial charge in [0.2, 0.25) is 0 Å². The fraction of sp³-hybridized carbons (Fsp3) is 0.467. The molecular formula is C15H23NO9P+. The molecule has 1 rings (SSSR count). The molecule has 1 atom stereocenters. The number of phosphoric ester groups is 1. The van der Waals surface area contributed by atoms with E-state index >= 15 is 0 Å². The number of quaternary nitrogens is 1. The Bertz CT molecular complexity index is 667. The standard InChI is InChI=1S/C15H22NO9P/c1-16(2,3)4-5-24-26(21,22)25-7-6-23-13-9-11(14(17)18)8-12(10-13)15(19)20/h8-10H,4-7H2,1-3H3,(H2-,17,18,19,20,21,22)/p+1. The van der Waals surface area contributed by atoms with Crippen LogP contribution in [0.15, 0.2) is 18.2 Å². The van der Waals surface area contributed by atoms with Crippen LogP contribution >= 0.6 is 7.82 Å². The van der Waals surface area contributed by atoms with Crippen LogP contribution in [0.1, 0.15) is 20.7 Å². The Labute approximate surface area is 150 Å². The lowest BCUT2D eigenvalue weighted by Gasteiger charge is -2.24. The van der Waals surface area contributed by atoms with Crippen LogP contribution in [0.5, 0.6) is 5.75 Å². The molecule has 0 aliphatic rings. The lowest BCUT2D eigenvalue weighted by Crippen LogP contribution is -2.37. The molecule has 0 bridgehead atoms. The molecule has 1 aromatic rings. The summed E-state index contributed by atoms with van der Waals surface area (Å²) in [5.74, 6) is -2.62. The van der Waals surface area contributed by atoms with Crippen molar-refractivity contribution in [3.63, 3.8) is 0 Å². The summed E-state index contributed by atoms with van der Waals surface area (Å²) in [5, 5.41) is 17.9. The molecule has 1 aromatic carbocycles. The van der Waals surface area contributed by atoms with Crippen LogP contribution in [-0.2, 0) is 13.6 Å². The first-order chi connectivity index (χ1) is 11.9. The zero-order chi connectivity index (χ0) is 20.0. The van der Waals surface area contributed by atoms with E-state index in [9.17, 15) is 19.0 Å². The number of carbonyl (C=O) groups is 2. The minimum Gasteiger partial charge on any atom is -0.491 e. The highest BCUT2D eigenvalue weighted by atomic mass is 31.2. The summed E-state index contributed by atoms with van der Waals surface area (Å²) in [7, 11) is 1.47. The monoisotopic (exact) mass is 392 g/mol. The molecule has 0 saturated heterocycles. The van der Waals surface area contributed by atoms with E-state index in [1.807, 2.05) is 21.1 Å². The lowest BCUT2D eigenvalue weighted by atomic mass is 10.1. The molecule has 0 saturated carbocycles. The number of hydrogen-bond acceptors (Lipinski definition) is 6. The van der Waals surface area contributed by atoms with Crippen molar-refractivity contribution >= 4 is 19.8 Å². The average molecular weight is 392 g/mol. The number of rotatable bonds is 11. The van der Waals surface area contributed by atoms with Crippen molar-refractivity contribution < 1.29 is 47.5 Å². The van der Waals surface area contributed by atoms with Gasteiger partial charge in [-0.1, -0.05) is 0 Å². The summed E-state index contributed by atoms with van der Waals surface area (Å²) in [6, 6.07) is 3.29. The van der Waals surface area contributed by atoms with Gasteiger partial charge >= 0.3 is 19.8 Å². The lowest BCUT2D eigenvalue weighted by molar-refractivity contribution is -0.870. The van der Waals surface area contributed by atoms with Gasteiger partial charge in [0, 0.05) is 0 Å². The topological polar surface area (TPSA) is 140 Å². The molecule has 146 valence electrons. The van der Waals surface area contributed by atoms with Crippen LogP contribution in [0.25, 0.3) is 0 Å². The van der Waals surface area contributed by atoms with E-state index in [0.717, 1.165) is 18.2 Å². The Morgan fingerprint density at radius 3 is 1.92 bits per heavy atom. The molecule has 1 unspecified atom stereocenters. The average Bonchev–Trinajstić information content (AvgIpc) is 2.49. The van der Waals surface area contributed by atoms with Gasteiger partial charge in [-0.05, 0) is 18.2 Å². The minimum absolute atomic E-state index is 0.00961. The van der Waals surface area contributed by atoms with E-state index in [2.05, 4.69) is 0 Å². The zero-order valence-electron chi connectivity index (χ0n) is 14.7. The number of nitrogens with zero attached hydrogens (tertiary/aromatic N) is 1. The first-order valence-electron chi connectivity index (χ1n) is 7.56. The molecular weight excluding hydrogens is 369 g/mol. The van der Waals surface area contributed by atoms with Crippen molar-refractivity contribution in [1.29, 1.82) is 0 Å². The van der Waals surface area contributed by atoms with E-state index in [-0.39, 0.29) is 36.7 Å². The van der Waals surface area contributed by atoms with Crippen LogP contribution in [0.4, 0.5) is 0 Å². The Balaban J connectivity index is 2.53. The number of benzene rings is 1. The van der Waals surface area contributed by atoms with Crippen molar-refractivity contribution in [1.82, 2.24) is 0 Å². The summed E-state index contributed by atoms with van der Waals surface area (Å²) in [4.78, 5) is 31.5. The predicted molar refractivity (Wildman–Crippen MR) is 90.5 cm³/mol. The molecule has 0 aromatic heterocycles. The summed E-state index contributed by atoms with van der Waals surface area (Å²) in [6.45, 7) is 0.0222. The molecule has 0 aliphatic heterocycles. The summed E-state index contributed by atoms with van der Waals surface area (Å²) < 4.78 is 27.0. The SMILES string of the molecule is C[N+](C)(C)CCOP(=O)(O)OCCOc1cc(C(=O)O)cc(C(=O)O)c1. The van der Waals surface area contributed by atoms with Gasteiger partial charge in [-0.15, -0.1) is 0 Å². The van der Waals surface area contributed by atoms with Crippen molar-refractivity contribution in [2.24, 2.45) is 0 Å². The smallest absolute Gasteiger partial charge is 0.472 e. The zero-order valence-corrected chi connectivity index (χ0v) is 15.6. The molecule has 0 aliphatic carbocycles. The summed E-state index contributed by atoms with van der Waals surface area (Å²) in [6.07, 6.45) is 0. The third kappa shape index (κ3) is 8.41. The van der Waals surface area contributed by atoms with Crippen LogP contribution in [0.3, 0.4) is 0 Å². The highest BCUT2D eigenvalue weighted by Gasteiger charge is 2.22. The summed E-state index contributed by atoms with van der Waals surface area (Å²) in [5.41, 5.74) is -0.505. The van der Waals surface area contributed by atoms with Crippen molar-refractivity contribution in [2.75, 3.05) is 47.5 Å². The molecule has 10 nitrogen and oxygen atoms in total. The van der Waals surface area contributed by atoms with Gasteiger partial charge in [0.1, 0.15) is 25.5 Å². The molecule has 0 radical (unpaired) electrons. The van der Waals surface area contributed by atoms with E-state index in [4.69, 9.17) is 24.0 Å². The second-order valence-corrected chi connectivity index (χ2v) is 7.81. The Morgan fingerprint density at radius 2 is 1.46 bits per heavy atom. The molecule has 0 spiro atoms. The van der Waals surface area contributed by atoms with Gasteiger partial charge in [0.05, 0.1) is 38.9 Å². The number of aromatic carboxylic acids is 2. The first kappa shape index (κ1) is 22.1. The minimum atomic E-state index is -4.23. The second kappa shape index (κ2) is 9.11. The largest absolute Gasteiger partial charge is 0.491 e. The van der Waals surface area contributed by atoms with Crippen LogP contribution < -0.4 is 4.74 Å². The molecule has 0 heterocycles. The Hall–Kier alpha value is -1.97. The van der Waals surface area contributed by atoms with Crippen molar-refractivity contribution in [3.8, 4) is 5.75 Å². The van der Waals surface area contributed by atoms with E-state index in [1.165, 1.54) is 0 Å². The maximum Gasteiger partial charge on any atom is 0.472 e. The van der Waals surface area contributed by atoms with Gasteiger partial charge in [0.25, 0.3) is 0 Å². The Morgan fingerprint density at radius 1 is 0.962 bits per heavy atom. The maximum atomic E-state index is 11.7. The number of ether oxygens (including phenoxy) is 1. The van der Waals surface area contributed by atoms with Crippen LogP contribution in [-0.4, -0.2) is 79.0 Å². The maximum absolute atomic E-state index is 11.7. The number of carboxylic acid groups (broad SMARTS) is 2. The van der Waals surface area contributed by atoms with E-state index in [0.29, 0.717) is 11.0 Å². The summed E-state index contributed by atoms with van der Waals surface area (Å²) >= 11 is 0. The highest BCUT2D eigenvalue weighted by Crippen LogP contribution is 2.42. The number of hydrogen-bond donors (Lipinski definition) is 3. The number of likely N-dealkylation sites (N-methyl/N-ethyl adjacent to an activating group) is 1. The fourth-order valence-electron chi connectivity index (χ4n) is 1.71. The Kier molecular flexibility index (Phi) is 7.73. The van der Waals surface area contributed by atoms with Gasteiger partial charge in [-0.2, -0.15) is 0 Å². The van der Waals surface area contributed by atoms with Crippen molar-refractivity contribution in [2.45, 2.75) is 0 Å². The molecule has 0 fully saturated rings. The molecule has 11 heteroatoms. The molecule has 3 N–H and O–H groups in total. The van der Waals surface area contributed by atoms with E-state index < -0.39 is 19.8 Å². The second-order valence-electron chi connectivity index (χ2n) is 6.35. The van der Waals surface area contributed by atoms with Gasteiger partial charge in [-0.25, -0.2) is 14.2 Å². The van der Waals surface area contributed by atoms with E-state index in [1.54, 1.807) is 0 Å². The first-order valence-corrected chi connectivity index (χ1v) is 9.06. The normalized spacial score (nSPS) is 13.8. The van der Waals surface area contributed by atoms with Gasteiger partial charge < -0.3 is 24.3 Å². The van der Waals surface area contributed by atoms with Gasteiger partial charge in [0.15, 0.2) is 0 Å². The molecule has 26 heavy (non-hydrogen) atoms. The number of carboxylic acids is 2. The van der Waals surface area contributed by atoms with Crippen molar-refractivity contribution in [3.05, 3.63) is 29.3 Å². The van der Waals surface area contributed by atoms with Crippen LogP contribution in [0, 0.1) is 0 Å². The van der Waals surface area contributed by atoms with Crippen LogP contribution in [0.2, 0.25) is 0 Å².